The van der Waals surface area contributed by atoms with Crippen LogP contribution < -0.4 is 10.6 Å². The highest BCUT2D eigenvalue weighted by Crippen LogP contribution is 2.16. The molecule has 2 rings (SSSR count). The van der Waals surface area contributed by atoms with Gasteiger partial charge in [-0.25, -0.2) is 0 Å². The predicted molar refractivity (Wildman–Crippen MR) is 67.9 cm³/mol. The maximum Gasteiger partial charge on any atom is 0.0697 e. The highest BCUT2D eigenvalue weighted by atomic mass is 14.9. The van der Waals surface area contributed by atoms with Gasteiger partial charge in [-0.3, -0.25) is 4.99 Å². The van der Waals surface area contributed by atoms with E-state index in [1.54, 1.807) is 6.20 Å². The summed E-state index contributed by atoms with van der Waals surface area (Å²) >= 11 is 0. The van der Waals surface area contributed by atoms with E-state index in [0.29, 0.717) is 6.04 Å². The average Bonchev–Trinajstić information content (AvgIpc) is 2.59. The Morgan fingerprint density at radius 2 is 2.25 bits per heavy atom. The van der Waals surface area contributed by atoms with E-state index in [9.17, 15) is 0 Å². The lowest BCUT2D eigenvalue weighted by molar-refractivity contribution is 0.609. The molecular formula is C13H17N3. The number of dihydropyridines is 1. The molecule has 0 aromatic rings. The van der Waals surface area contributed by atoms with Crippen molar-refractivity contribution in [2.45, 2.75) is 25.8 Å². The molecule has 16 heavy (non-hydrogen) atoms. The molecule has 0 amide bonds. The third kappa shape index (κ3) is 2.42. The highest BCUT2D eigenvalue weighted by Gasteiger charge is 2.17. The van der Waals surface area contributed by atoms with Gasteiger partial charge in [0.1, 0.15) is 0 Å². The fourth-order valence-electron chi connectivity index (χ4n) is 1.88. The van der Waals surface area contributed by atoms with Gasteiger partial charge in [0.25, 0.3) is 0 Å². The minimum atomic E-state index is 0.380. The van der Waals surface area contributed by atoms with Gasteiger partial charge in [0.2, 0.25) is 0 Å². The molecule has 0 fully saturated rings. The second-order valence-electron chi connectivity index (χ2n) is 3.82. The molecule has 2 aliphatic heterocycles. The second kappa shape index (κ2) is 5.35. The van der Waals surface area contributed by atoms with Gasteiger partial charge in [-0.15, -0.1) is 0 Å². The van der Waals surface area contributed by atoms with E-state index in [1.165, 1.54) is 5.57 Å². The molecule has 84 valence electrons. The molecule has 1 atom stereocenters. The van der Waals surface area contributed by atoms with Crippen molar-refractivity contribution in [2.24, 2.45) is 4.99 Å². The van der Waals surface area contributed by atoms with Crippen molar-refractivity contribution in [3.05, 3.63) is 48.6 Å². The van der Waals surface area contributed by atoms with Crippen molar-refractivity contribution >= 4 is 5.71 Å². The van der Waals surface area contributed by atoms with Crippen LogP contribution in [-0.4, -0.2) is 11.8 Å². The lowest BCUT2D eigenvalue weighted by Crippen LogP contribution is -2.31. The topological polar surface area (TPSA) is 36.4 Å². The first-order valence-electron chi connectivity index (χ1n) is 5.70. The molecule has 3 nitrogen and oxygen atoms in total. The smallest absolute Gasteiger partial charge is 0.0697 e. The van der Waals surface area contributed by atoms with Crippen molar-refractivity contribution in [1.82, 2.24) is 10.6 Å². The van der Waals surface area contributed by atoms with Crippen LogP contribution in [0.15, 0.2) is 53.6 Å². The van der Waals surface area contributed by atoms with Crippen LogP contribution in [0, 0.1) is 0 Å². The van der Waals surface area contributed by atoms with Crippen molar-refractivity contribution in [3.8, 4) is 0 Å². The molecule has 0 bridgehead atoms. The lowest BCUT2D eigenvalue weighted by atomic mass is 9.95. The first kappa shape index (κ1) is 10.7. The fourth-order valence-corrected chi connectivity index (χ4v) is 1.88. The molecule has 0 aliphatic carbocycles. The van der Waals surface area contributed by atoms with Gasteiger partial charge < -0.3 is 10.6 Å². The SMILES string of the molecule is CCCC1NC=CC=C1C1=NC=CNC=C1. The number of nitrogens with zero attached hydrogens (tertiary/aromatic N) is 1. The Bertz CT molecular complexity index is 386. The van der Waals surface area contributed by atoms with Crippen LogP contribution in [0.2, 0.25) is 0 Å². The Balaban J connectivity index is 2.22. The fraction of sp³-hybridized carbons (Fsp3) is 0.308. The molecule has 0 saturated carbocycles. The van der Waals surface area contributed by atoms with Crippen LogP contribution in [0.4, 0.5) is 0 Å². The van der Waals surface area contributed by atoms with Crippen LogP contribution in [0.1, 0.15) is 19.8 Å². The molecule has 0 spiro atoms. The van der Waals surface area contributed by atoms with E-state index >= 15 is 0 Å². The molecule has 3 heteroatoms. The van der Waals surface area contributed by atoms with Crippen molar-refractivity contribution in [1.29, 1.82) is 0 Å². The van der Waals surface area contributed by atoms with Crippen LogP contribution in [-0.2, 0) is 0 Å². The van der Waals surface area contributed by atoms with E-state index in [2.05, 4.69) is 28.6 Å². The van der Waals surface area contributed by atoms with Gasteiger partial charge in [-0.2, -0.15) is 0 Å². The summed E-state index contributed by atoms with van der Waals surface area (Å²) in [4.78, 5) is 4.42. The Kier molecular flexibility index (Phi) is 3.59. The molecule has 0 radical (unpaired) electrons. The number of allylic oxidation sites excluding steroid dienone is 3. The molecule has 2 heterocycles. The summed E-state index contributed by atoms with van der Waals surface area (Å²) < 4.78 is 0. The Labute approximate surface area is 96.3 Å². The van der Waals surface area contributed by atoms with E-state index in [0.717, 1.165) is 18.6 Å². The monoisotopic (exact) mass is 215 g/mol. The van der Waals surface area contributed by atoms with Gasteiger partial charge in [-0.1, -0.05) is 19.4 Å². The summed E-state index contributed by atoms with van der Waals surface area (Å²) in [5.41, 5.74) is 2.28. The van der Waals surface area contributed by atoms with Crippen molar-refractivity contribution < 1.29 is 0 Å². The molecule has 0 saturated heterocycles. The number of aliphatic imine (C=N–C) groups is 1. The van der Waals surface area contributed by atoms with Crippen LogP contribution in [0.3, 0.4) is 0 Å². The van der Waals surface area contributed by atoms with Crippen molar-refractivity contribution in [3.63, 3.8) is 0 Å². The first-order valence-corrected chi connectivity index (χ1v) is 5.70. The zero-order valence-electron chi connectivity index (χ0n) is 9.48. The predicted octanol–water partition coefficient (Wildman–Crippen LogP) is 2.23. The number of hydrogen-bond donors (Lipinski definition) is 2. The third-order valence-corrected chi connectivity index (χ3v) is 2.64. The first-order chi connectivity index (χ1) is 7.92. The molecule has 0 aromatic heterocycles. The van der Waals surface area contributed by atoms with Crippen LogP contribution in [0.5, 0.6) is 0 Å². The minimum Gasteiger partial charge on any atom is -0.384 e. The van der Waals surface area contributed by atoms with Gasteiger partial charge in [-0.05, 0) is 24.8 Å². The van der Waals surface area contributed by atoms with Gasteiger partial charge in [0.05, 0.1) is 11.8 Å². The molecule has 0 aromatic carbocycles. The maximum atomic E-state index is 4.42. The highest BCUT2D eigenvalue weighted by molar-refractivity contribution is 6.10. The summed E-state index contributed by atoms with van der Waals surface area (Å²) in [7, 11) is 0. The standard InChI is InChI=1S/C13H17N3/c1-2-4-12-11(5-3-7-15-12)13-6-8-14-9-10-16-13/h3,5-10,12,14-15H,2,4H2,1H3. The van der Waals surface area contributed by atoms with Gasteiger partial charge in [0, 0.05) is 24.2 Å². The summed E-state index contributed by atoms with van der Waals surface area (Å²) in [6.45, 7) is 2.20. The molecule has 2 N–H and O–H groups in total. The second-order valence-corrected chi connectivity index (χ2v) is 3.82. The molecule has 2 aliphatic rings. The molecular weight excluding hydrogens is 198 g/mol. The number of rotatable bonds is 3. The maximum absolute atomic E-state index is 4.42. The van der Waals surface area contributed by atoms with Gasteiger partial charge in [0.15, 0.2) is 0 Å². The largest absolute Gasteiger partial charge is 0.384 e. The number of hydrogen-bond acceptors (Lipinski definition) is 3. The lowest BCUT2D eigenvalue weighted by Gasteiger charge is -2.22. The Morgan fingerprint density at radius 1 is 1.31 bits per heavy atom. The zero-order valence-corrected chi connectivity index (χ0v) is 9.48. The van der Waals surface area contributed by atoms with E-state index < -0.39 is 0 Å². The Hall–Kier alpha value is -1.77. The summed E-state index contributed by atoms with van der Waals surface area (Å²) in [6, 6.07) is 0.380. The third-order valence-electron chi connectivity index (χ3n) is 2.64. The van der Waals surface area contributed by atoms with Crippen molar-refractivity contribution in [2.75, 3.05) is 0 Å². The molecule has 1 unspecified atom stereocenters. The van der Waals surface area contributed by atoms with Crippen LogP contribution in [0.25, 0.3) is 0 Å². The van der Waals surface area contributed by atoms with E-state index in [1.807, 2.05) is 30.8 Å². The summed E-state index contributed by atoms with van der Waals surface area (Å²) in [5, 5.41) is 6.40. The average molecular weight is 215 g/mol. The number of nitrogens with one attached hydrogen (secondary N) is 2. The van der Waals surface area contributed by atoms with Gasteiger partial charge >= 0.3 is 0 Å². The Morgan fingerprint density at radius 3 is 3.12 bits per heavy atom. The quantitative estimate of drug-likeness (QED) is 0.757. The summed E-state index contributed by atoms with van der Waals surface area (Å²) in [6.07, 6.45) is 16.0. The summed E-state index contributed by atoms with van der Waals surface area (Å²) in [5.74, 6) is 0. The van der Waals surface area contributed by atoms with E-state index in [-0.39, 0.29) is 0 Å². The normalized spacial score (nSPS) is 22.9. The zero-order chi connectivity index (χ0) is 11.2. The minimum absolute atomic E-state index is 0.380. The van der Waals surface area contributed by atoms with E-state index in [4.69, 9.17) is 0 Å². The van der Waals surface area contributed by atoms with Crippen LogP contribution >= 0.6 is 0 Å².